The lowest BCUT2D eigenvalue weighted by Crippen LogP contribution is -2.26. The highest BCUT2D eigenvalue weighted by Gasteiger charge is 2.27. The fraction of sp³-hybridized carbons (Fsp3) is 0.889. The summed E-state index contributed by atoms with van der Waals surface area (Å²) in [6.07, 6.45) is 2.88. The van der Waals surface area contributed by atoms with Crippen LogP contribution in [0.15, 0.2) is 0 Å². The van der Waals surface area contributed by atoms with Crippen molar-refractivity contribution in [2.45, 2.75) is 45.7 Å². The molecule has 0 spiro atoms. The largest absolute Gasteiger partial charge is 0.303 e. The molecule has 0 saturated carbocycles. The number of carbonyl (C=O) groups is 1. The summed E-state index contributed by atoms with van der Waals surface area (Å²) >= 11 is 0. The van der Waals surface area contributed by atoms with E-state index in [9.17, 15) is 9.18 Å². The zero-order valence-electron chi connectivity index (χ0n) is 7.56. The van der Waals surface area contributed by atoms with E-state index in [2.05, 4.69) is 0 Å². The van der Waals surface area contributed by atoms with E-state index in [4.69, 9.17) is 0 Å². The molecule has 1 unspecified atom stereocenters. The minimum Gasteiger partial charge on any atom is -0.303 e. The summed E-state index contributed by atoms with van der Waals surface area (Å²) in [7, 11) is 0. The number of aldehydes is 1. The van der Waals surface area contributed by atoms with Crippen LogP contribution in [0.1, 0.15) is 40.0 Å². The Kier molecular flexibility index (Phi) is 4.31. The molecule has 0 N–H and O–H groups in total. The van der Waals surface area contributed by atoms with Crippen LogP contribution in [0.4, 0.5) is 4.39 Å². The Hall–Kier alpha value is -0.400. The predicted octanol–water partition coefficient (Wildman–Crippen LogP) is 2.74. The predicted molar refractivity (Wildman–Crippen MR) is 44.3 cm³/mol. The molecule has 0 radical (unpaired) electrons. The molecule has 0 aromatic heterocycles. The number of rotatable bonds is 5. The highest BCUT2D eigenvalue weighted by Crippen LogP contribution is 2.27. The van der Waals surface area contributed by atoms with Crippen LogP contribution in [0.3, 0.4) is 0 Å². The van der Waals surface area contributed by atoms with Crippen molar-refractivity contribution in [3.05, 3.63) is 0 Å². The van der Waals surface area contributed by atoms with Crippen molar-refractivity contribution < 1.29 is 9.18 Å². The fourth-order valence-corrected chi connectivity index (χ4v) is 1.21. The molecule has 0 saturated heterocycles. The number of hydrogen-bond donors (Lipinski definition) is 0. The maximum absolute atomic E-state index is 13.3. The minimum atomic E-state index is -1.21. The maximum atomic E-state index is 13.3. The van der Waals surface area contributed by atoms with E-state index < -0.39 is 5.67 Å². The van der Waals surface area contributed by atoms with Crippen LogP contribution in [0.25, 0.3) is 0 Å². The van der Waals surface area contributed by atoms with Gasteiger partial charge in [0.1, 0.15) is 12.0 Å². The summed E-state index contributed by atoms with van der Waals surface area (Å²) < 4.78 is 13.3. The van der Waals surface area contributed by atoms with Crippen molar-refractivity contribution in [2.24, 2.45) is 5.92 Å². The van der Waals surface area contributed by atoms with Crippen molar-refractivity contribution in [3.63, 3.8) is 0 Å². The second-order valence-corrected chi connectivity index (χ2v) is 3.45. The summed E-state index contributed by atoms with van der Waals surface area (Å²) in [6.45, 7) is 5.08. The fourth-order valence-electron chi connectivity index (χ4n) is 1.21. The summed E-state index contributed by atoms with van der Waals surface area (Å²) in [6, 6.07) is 0. The summed E-state index contributed by atoms with van der Waals surface area (Å²) in [5.41, 5.74) is -1.21. The molecule has 0 aromatic carbocycles. The first-order chi connectivity index (χ1) is 5.02. The first-order valence-electron chi connectivity index (χ1n) is 4.15. The zero-order valence-corrected chi connectivity index (χ0v) is 7.56. The van der Waals surface area contributed by atoms with Gasteiger partial charge in [0.15, 0.2) is 0 Å². The van der Waals surface area contributed by atoms with E-state index in [1.165, 1.54) is 13.8 Å². The average molecular weight is 160 g/mol. The van der Waals surface area contributed by atoms with Gasteiger partial charge >= 0.3 is 0 Å². The molecular formula is C9H17FO. The molecule has 1 nitrogen and oxygen atoms in total. The van der Waals surface area contributed by atoms with E-state index in [-0.39, 0.29) is 5.92 Å². The van der Waals surface area contributed by atoms with E-state index >= 15 is 0 Å². The molecule has 1 atom stereocenters. The molecule has 0 aromatic rings. The molecule has 2 heteroatoms. The van der Waals surface area contributed by atoms with Crippen LogP contribution in [-0.4, -0.2) is 12.0 Å². The topological polar surface area (TPSA) is 17.1 Å². The second-order valence-electron chi connectivity index (χ2n) is 3.45. The van der Waals surface area contributed by atoms with Crippen LogP contribution in [0.2, 0.25) is 0 Å². The van der Waals surface area contributed by atoms with Gasteiger partial charge in [0, 0.05) is 6.42 Å². The van der Waals surface area contributed by atoms with Crippen LogP contribution >= 0.6 is 0 Å². The molecule has 66 valence electrons. The Bertz CT molecular complexity index is 115. The van der Waals surface area contributed by atoms with Gasteiger partial charge in [-0.1, -0.05) is 13.3 Å². The summed E-state index contributed by atoms with van der Waals surface area (Å²) in [5, 5.41) is 0. The average Bonchev–Trinajstić information content (AvgIpc) is 1.85. The molecule has 0 aliphatic carbocycles. The first kappa shape index (κ1) is 10.6. The lowest BCUT2D eigenvalue weighted by molar-refractivity contribution is -0.109. The number of halogens is 1. The van der Waals surface area contributed by atoms with Gasteiger partial charge in [0.2, 0.25) is 0 Å². The molecule has 0 bridgehead atoms. The van der Waals surface area contributed by atoms with Crippen molar-refractivity contribution in [3.8, 4) is 0 Å². The summed E-state index contributed by atoms with van der Waals surface area (Å²) in [4.78, 5) is 10.2. The monoisotopic (exact) mass is 160 g/mol. The molecule has 0 aliphatic heterocycles. The van der Waals surface area contributed by atoms with E-state index in [1.807, 2.05) is 6.92 Å². The Morgan fingerprint density at radius 3 is 2.36 bits per heavy atom. The Morgan fingerprint density at radius 2 is 2.09 bits per heavy atom. The molecule has 11 heavy (non-hydrogen) atoms. The van der Waals surface area contributed by atoms with Crippen LogP contribution in [0, 0.1) is 5.92 Å². The van der Waals surface area contributed by atoms with Crippen molar-refractivity contribution in [1.29, 1.82) is 0 Å². The zero-order chi connectivity index (χ0) is 8.91. The number of carbonyl (C=O) groups excluding carboxylic acids is 1. The Morgan fingerprint density at radius 1 is 1.55 bits per heavy atom. The Balaban J connectivity index is 3.97. The lowest BCUT2D eigenvalue weighted by Gasteiger charge is -2.24. The molecule has 0 amide bonds. The van der Waals surface area contributed by atoms with Crippen molar-refractivity contribution >= 4 is 6.29 Å². The molecule has 0 heterocycles. The normalized spacial score (nSPS) is 14.5. The SMILES string of the molecule is CCCC(CC=O)C(C)(C)F. The van der Waals surface area contributed by atoms with Crippen LogP contribution < -0.4 is 0 Å². The molecular weight excluding hydrogens is 143 g/mol. The van der Waals surface area contributed by atoms with E-state index in [1.54, 1.807) is 0 Å². The minimum absolute atomic E-state index is 0.106. The van der Waals surface area contributed by atoms with Crippen LogP contribution in [0.5, 0.6) is 0 Å². The third-order valence-electron chi connectivity index (χ3n) is 1.99. The first-order valence-corrected chi connectivity index (χ1v) is 4.15. The van der Waals surface area contributed by atoms with Crippen LogP contribution in [-0.2, 0) is 4.79 Å². The van der Waals surface area contributed by atoms with Gasteiger partial charge in [-0.25, -0.2) is 4.39 Å². The molecule has 0 rings (SSSR count). The maximum Gasteiger partial charge on any atom is 0.120 e. The van der Waals surface area contributed by atoms with Gasteiger partial charge in [-0.15, -0.1) is 0 Å². The highest BCUT2D eigenvalue weighted by atomic mass is 19.1. The van der Waals surface area contributed by atoms with Crippen molar-refractivity contribution in [1.82, 2.24) is 0 Å². The third-order valence-corrected chi connectivity index (χ3v) is 1.99. The third kappa shape index (κ3) is 4.12. The van der Waals surface area contributed by atoms with E-state index in [0.29, 0.717) is 6.42 Å². The number of hydrogen-bond acceptors (Lipinski definition) is 1. The van der Waals surface area contributed by atoms with Gasteiger partial charge in [0.05, 0.1) is 0 Å². The van der Waals surface area contributed by atoms with Gasteiger partial charge < -0.3 is 4.79 Å². The quantitative estimate of drug-likeness (QED) is 0.565. The van der Waals surface area contributed by atoms with Gasteiger partial charge in [0.25, 0.3) is 0 Å². The molecule has 0 aliphatic rings. The van der Waals surface area contributed by atoms with Crippen molar-refractivity contribution in [2.75, 3.05) is 0 Å². The van der Waals surface area contributed by atoms with Gasteiger partial charge in [-0.3, -0.25) is 0 Å². The second kappa shape index (κ2) is 4.47. The molecule has 0 fully saturated rings. The van der Waals surface area contributed by atoms with Gasteiger partial charge in [-0.05, 0) is 26.2 Å². The van der Waals surface area contributed by atoms with Gasteiger partial charge in [-0.2, -0.15) is 0 Å². The summed E-state index contributed by atoms with van der Waals surface area (Å²) in [5.74, 6) is -0.106. The Labute approximate surface area is 68.0 Å². The lowest BCUT2D eigenvalue weighted by atomic mass is 9.86. The highest BCUT2D eigenvalue weighted by molar-refractivity contribution is 5.50. The number of alkyl halides is 1. The van der Waals surface area contributed by atoms with E-state index in [0.717, 1.165) is 19.1 Å². The smallest absolute Gasteiger partial charge is 0.120 e. The standard InChI is InChI=1S/C9H17FO/c1-4-5-8(6-7-11)9(2,3)10/h7-8H,4-6H2,1-3H3.